The van der Waals surface area contributed by atoms with Gasteiger partial charge in [0.15, 0.2) is 0 Å². The van der Waals surface area contributed by atoms with Gasteiger partial charge in [-0.05, 0) is 5.92 Å². The van der Waals surface area contributed by atoms with Crippen molar-refractivity contribution in [1.82, 2.24) is 4.98 Å². The molecule has 2 atom stereocenters. The van der Waals surface area contributed by atoms with Crippen LogP contribution in [0, 0.1) is 5.92 Å². The summed E-state index contributed by atoms with van der Waals surface area (Å²) in [5.74, 6) is 1.19. The number of halogens is 1. The highest BCUT2D eigenvalue weighted by molar-refractivity contribution is 9.09. The third kappa shape index (κ3) is 2.30. The molecular weight excluding hydrogens is 234 g/mol. The van der Waals surface area contributed by atoms with Crippen LogP contribution in [-0.2, 0) is 0 Å². The molecule has 0 aliphatic heterocycles. The van der Waals surface area contributed by atoms with E-state index in [0.717, 1.165) is 0 Å². The Bertz CT molecular complexity index is 210. The van der Waals surface area contributed by atoms with E-state index >= 15 is 0 Å². The summed E-state index contributed by atoms with van der Waals surface area (Å²) in [5.41, 5.74) is 0. The molecule has 12 heavy (non-hydrogen) atoms. The van der Waals surface area contributed by atoms with E-state index in [0.29, 0.717) is 16.7 Å². The number of thiazole rings is 1. The van der Waals surface area contributed by atoms with Gasteiger partial charge in [0.2, 0.25) is 0 Å². The first kappa shape index (κ1) is 10.2. The molecule has 0 radical (unpaired) electrons. The van der Waals surface area contributed by atoms with Gasteiger partial charge in [0.25, 0.3) is 0 Å². The van der Waals surface area contributed by atoms with E-state index in [-0.39, 0.29) is 0 Å². The molecule has 2 unspecified atom stereocenters. The molecule has 0 spiro atoms. The Hall–Kier alpha value is 0.110. The highest BCUT2D eigenvalue weighted by Gasteiger charge is 2.22. The van der Waals surface area contributed by atoms with Crippen molar-refractivity contribution in [2.75, 3.05) is 0 Å². The fourth-order valence-electron chi connectivity index (χ4n) is 1.41. The Kier molecular flexibility index (Phi) is 3.72. The first-order chi connectivity index (χ1) is 5.63. The Balaban J connectivity index is 2.81. The van der Waals surface area contributed by atoms with E-state index in [1.165, 1.54) is 5.01 Å². The lowest BCUT2D eigenvalue weighted by atomic mass is 9.94. The molecule has 1 aromatic rings. The van der Waals surface area contributed by atoms with Crippen LogP contribution < -0.4 is 0 Å². The highest BCUT2D eigenvalue weighted by atomic mass is 79.9. The zero-order valence-electron chi connectivity index (χ0n) is 7.62. The van der Waals surface area contributed by atoms with Gasteiger partial charge in [0.1, 0.15) is 0 Å². The van der Waals surface area contributed by atoms with Crippen molar-refractivity contribution in [3.63, 3.8) is 0 Å². The summed E-state index contributed by atoms with van der Waals surface area (Å²) < 4.78 is 0. The lowest BCUT2D eigenvalue weighted by Gasteiger charge is -2.20. The van der Waals surface area contributed by atoms with Gasteiger partial charge in [-0.25, -0.2) is 4.98 Å². The lowest BCUT2D eigenvalue weighted by molar-refractivity contribution is 0.496. The Morgan fingerprint density at radius 3 is 2.42 bits per heavy atom. The van der Waals surface area contributed by atoms with Gasteiger partial charge in [-0.3, -0.25) is 0 Å². The molecule has 3 heteroatoms. The van der Waals surface area contributed by atoms with E-state index < -0.39 is 0 Å². The fourth-order valence-corrected chi connectivity index (χ4v) is 3.46. The average Bonchev–Trinajstić information content (AvgIpc) is 2.37. The van der Waals surface area contributed by atoms with Gasteiger partial charge < -0.3 is 0 Å². The van der Waals surface area contributed by atoms with Crippen LogP contribution >= 0.6 is 27.3 Å². The van der Waals surface area contributed by atoms with E-state index in [9.17, 15) is 0 Å². The normalized spacial score (nSPS) is 16.4. The standard InChI is InChI=1S/C9H14BrNS/c1-6(2)8(7(3)10)9-11-4-5-12-9/h4-8H,1-3H3. The van der Waals surface area contributed by atoms with Crippen LogP contribution in [0.25, 0.3) is 0 Å². The van der Waals surface area contributed by atoms with E-state index in [4.69, 9.17) is 0 Å². The number of alkyl halides is 1. The van der Waals surface area contributed by atoms with Crippen molar-refractivity contribution < 1.29 is 0 Å². The fraction of sp³-hybridized carbons (Fsp3) is 0.667. The molecule has 1 aromatic heterocycles. The number of rotatable bonds is 3. The summed E-state index contributed by atoms with van der Waals surface area (Å²) in [7, 11) is 0. The highest BCUT2D eigenvalue weighted by Crippen LogP contribution is 2.32. The molecule has 0 amide bonds. The zero-order chi connectivity index (χ0) is 9.14. The molecule has 0 aromatic carbocycles. The van der Waals surface area contributed by atoms with Crippen molar-refractivity contribution in [3.05, 3.63) is 16.6 Å². The maximum Gasteiger partial charge on any atom is 0.0969 e. The minimum Gasteiger partial charge on any atom is -0.249 e. The molecule has 68 valence electrons. The van der Waals surface area contributed by atoms with Gasteiger partial charge in [0.05, 0.1) is 5.01 Å². The minimum atomic E-state index is 0.503. The van der Waals surface area contributed by atoms with Crippen LogP contribution in [0.2, 0.25) is 0 Å². The quantitative estimate of drug-likeness (QED) is 0.744. The lowest BCUT2D eigenvalue weighted by Crippen LogP contribution is -2.14. The van der Waals surface area contributed by atoms with Gasteiger partial charge in [-0.15, -0.1) is 11.3 Å². The van der Waals surface area contributed by atoms with Gasteiger partial charge in [-0.1, -0.05) is 36.7 Å². The predicted octanol–water partition coefficient (Wildman–Crippen LogP) is 3.67. The van der Waals surface area contributed by atoms with Gasteiger partial charge in [-0.2, -0.15) is 0 Å². The minimum absolute atomic E-state index is 0.503. The summed E-state index contributed by atoms with van der Waals surface area (Å²) in [6, 6.07) is 0. The molecule has 0 aliphatic carbocycles. The zero-order valence-corrected chi connectivity index (χ0v) is 10.0. The molecule has 1 heterocycles. The largest absolute Gasteiger partial charge is 0.249 e. The summed E-state index contributed by atoms with van der Waals surface area (Å²) >= 11 is 5.38. The maximum absolute atomic E-state index is 4.35. The van der Waals surface area contributed by atoms with Crippen molar-refractivity contribution in [2.24, 2.45) is 5.92 Å². The van der Waals surface area contributed by atoms with E-state index in [1.807, 2.05) is 11.6 Å². The molecule has 0 bridgehead atoms. The second-order valence-corrected chi connectivity index (χ2v) is 5.69. The third-order valence-corrected chi connectivity index (χ3v) is 3.40. The monoisotopic (exact) mass is 247 g/mol. The molecule has 0 fully saturated rings. The van der Waals surface area contributed by atoms with Gasteiger partial charge >= 0.3 is 0 Å². The van der Waals surface area contributed by atoms with Crippen molar-refractivity contribution in [2.45, 2.75) is 31.5 Å². The van der Waals surface area contributed by atoms with E-state index in [1.54, 1.807) is 11.3 Å². The smallest absolute Gasteiger partial charge is 0.0969 e. The number of hydrogen-bond acceptors (Lipinski definition) is 2. The predicted molar refractivity (Wildman–Crippen MR) is 58.1 cm³/mol. The topological polar surface area (TPSA) is 12.9 Å². The van der Waals surface area contributed by atoms with Crippen molar-refractivity contribution in [1.29, 1.82) is 0 Å². The van der Waals surface area contributed by atoms with Crippen LogP contribution in [-0.4, -0.2) is 9.81 Å². The molecule has 0 aliphatic rings. The summed E-state index contributed by atoms with van der Waals surface area (Å²) in [6.07, 6.45) is 1.88. The number of aromatic nitrogens is 1. The molecule has 0 saturated heterocycles. The second-order valence-electron chi connectivity index (χ2n) is 3.32. The molecular formula is C9H14BrNS. The van der Waals surface area contributed by atoms with E-state index in [2.05, 4.69) is 41.7 Å². The summed E-state index contributed by atoms with van der Waals surface area (Å²) in [6.45, 7) is 6.67. The summed E-state index contributed by atoms with van der Waals surface area (Å²) in [4.78, 5) is 4.85. The Morgan fingerprint density at radius 2 is 2.08 bits per heavy atom. The second kappa shape index (κ2) is 4.38. The summed E-state index contributed by atoms with van der Waals surface area (Å²) in [5, 5.41) is 3.29. The molecule has 1 rings (SSSR count). The first-order valence-electron chi connectivity index (χ1n) is 4.16. The Labute approximate surface area is 86.3 Å². The van der Waals surface area contributed by atoms with Gasteiger partial charge in [0, 0.05) is 22.3 Å². The first-order valence-corrected chi connectivity index (χ1v) is 5.96. The molecule has 0 saturated carbocycles. The third-order valence-electron chi connectivity index (χ3n) is 1.95. The van der Waals surface area contributed by atoms with Crippen LogP contribution in [0.15, 0.2) is 11.6 Å². The number of nitrogens with zero attached hydrogens (tertiary/aromatic N) is 1. The van der Waals surface area contributed by atoms with Crippen molar-refractivity contribution >= 4 is 27.3 Å². The number of hydrogen-bond donors (Lipinski definition) is 0. The maximum atomic E-state index is 4.35. The van der Waals surface area contributed by atoms with Crippen molar-refractivity contribution in [3.8, 4) is 0 Å². The van der Waals surface area contributed by atoms with Crippen LogP contribution in [0.3, 0.4) is 0 Å². The molecule has 1 nitrogen and oxygen atoms in total. The molecule has 0 N–H and O–H groups in total. The average molecular weight is 248 g/mol. The SMILES string of the molecule is CC(C)C(c1nccs1)C(C)Br. The Morgan fingerprint density at radius 1 is 1.42 bits per heavy atom. The van der Waals surface area contributed by atoms with Crippen LogP contribution in [0.5, 0.6) is 0 Å². The van der Waals surface area contributed by atoms with Crippen LogP contribution in [0.1, 0.15) is 31.7 Å². The van der Waals surface area contributed by atoms with Crippen LogP contribution in [0.4, 0.5) is 0 Å².